The van der Waals surface area contributed by atoms with Gasteiger partial charge in [-0.3, -0.25) is 4.79 Å². The SMILES string of the molecule is C[C@H](C(=O)F)C1CCCCC1. The highest BCUT2D eigenvalue weighted by Gasteiger charge is 2.24. The van der Waals surface area contributed by atoms with Crippen LogP contribution in [0.15, 0.2) is 0 Å². The Hall–Kier alpha value is -0.400. The van der Waals surface area contributed by atoms with Gasteiger partial charge in [0.2, 0.25) is 0 Å². The molecule has 0 unspecified atom stereocenters. The standard InChI is InChI=1S/C9H15FO/c1-7(9(10)11)8-5-3-2-4-6-8/h7-8H,2-6H2,1H3/t7-/m0/s1. The van der Waals surface area contributed by atoms with E-state index in [2.05, 4.69) is 0 Å². The van der Waals surface area contributed by atoms with Crippen molar-refractivity contribution in [3.8, 4) is 0 Å². The van der Waals surface area contributed by atoms with E-state index in [1.807, 2.05) is 0 Å². The molecule has 64 valence electrons. The lowest BCUT2D eigenvalue weighted by Gasteiger charge is -2.24. The first-order valence-corrected chi connectivity index (χ1v) is 4.41. The van der Waals surface area contributed by atoms with Crippen LogP contribution in [-0.2, 0) is 4.79 Å². The first-order valence-electron chi connectivity index (χ1n) is 4.41. The van der Waals surface area contributed by atoms with Crippen LogP contribution in [0.5, 0.6) is 0 Å². The third-order valence-corrected chi connectivity index (χ3v) is 2.71. The third-order valence-electron chi connectivity index (χ3n) is 2.71. The highest BCUT2D eigenvalue weighted by atomic mass is 19.1. The molecule has 0 bridgehead atoms. The minimum Gasteiger partial charge on any atom is -0.261 e. The molecule has 1 nitrogen and oxygen atoms in total. The van der Waals surface area contributed by atoms with E-state index in [9.17, 15) is 9.18 Å². The maximum Gasteiger partial charge on any atom is 0.304 e. The molecule has 0 N–H and O–H groups in total. The van der Waals surface area contributed by atoms with E-state index in [0.29, 0.717) is 5.92 Å². The lowest BCUT2D eigenvalue weighted by Crippen LogP contribution is -2.20. The molecule has 1 saturated carbocycles. The van der Waals surface area contributed by atoms with Crippen LogP contribution in [0.2, 0.25) is 0 Å². The average Bonchev–Trinajstić information content (AvgIpc) is 2.05. The molecule has 11 heavy (non-hydrogen) atoms. The van der Waals surface area contributed by atoms with Gasteiger partial charge in [-0.1, -0.05) is 26.2 Å². The number of rotatable bonds is 2. The van der Waals surface area contributed by atoms with E-state index in [4.69, 9.17) is 0 Å². The fourth-order valence-electron chi connectivity index (χ4n) is 1.82. The predicted molar refractivity (Wildman–Crippen MR) is 41.9 cm³/mol. The minimum atomic E-state index is -1.13. The van der Waals surface area contributed by atoms with Crippen LogP contribution in [0.25, 0.3) is 0 Å². The largest absolute Gasteiger partial charge is 0.304 e. The van der Waals surface area contributed by atoms with Crippen molar-refractivity contribution in [1.82, 2.24) is 0 Å². The highest BCUT2D eigenvalue weighted by molar-refractivity contribution is 5.70. The van der Waals surface area contributed by atoms with Gasteiger partial charge >= 0.3 is 6.04 Å². The van der Waals surface area contributed by atoms with Crippen LogP contribution in [-0.4, -0.2) is 6.04 Å². The van der Waals surface area contributed by atoms with Crippen molar-refractivity contribution in [3.05, 3.63) is 0 Å². The van der Waals surface area contributed by atoms with Gasteiger partial charge in [0.1, 0.15) is 0 Å². The normalized spacial score (nSPS) is 23.1. The lowest BCUT2D eigenvalue weighted by molar-refractivity contribution is -0.135. The molecule has 0 radical (unpaired) electrons. The van der Waals surface area contributed by atoms with E-state index in [1.165, 1.54) is 19.3 Å². The van der Waals surface area contributed by atoms with Crippen LogP contribution in [0.4, 0.5) is 4.39 Å². The van der Waals surface area contributed by atoms with E-state index < -0.39 is 6.04 Å². The van der Waals surface area contributed by atoms with Gasteiger partial charge in [0, 0.05) is 5.92 Å². The molecular formula is C9H15FO. The molecule has 2 heteroatoms. The number of halogens is 1. The maximum absolute atomic E-state index is 12.2. The number of carbonyl (C=O) groups excluding carboxylic acids is 1. The van der Waals surface area contributed by atoms with Gasteiger partial charge in [-0.05, 0) is 18.8 Å². The van der Waals surface area contributed by atoms with E-state index >= 15 is 0 Å². The molecule has 0 amide bonds. The second-order valence-electron chi connectivity index (χ2n) is 3.49. The molecule has 1 aliphatic rings. The van der Waals surface area contributed by atoms with Gasteiger partial charge in [0.05, 0.1) is 0 Å². The molecule has 0 aromatic rings. The Labute approximate surface area is 67.0 Å². The van der Waals surface area contributed by atoms with Crippen molar-refractivity contribution in [2.45, 2.75) is 39.0 Å². The lowest BCUT2D eigenvalue weighted by atomic mass is 9.81. The Morgan fingerprint density at radius 1 is 1.36 bits per heavy atom. The van der Waals surface area contributed by atoms with Gasteiger partial charge in [0.15, 0.2) is 0 Å². The van der Waals surface area contributed by atoms with Gasteiger partial charge in [0.25, 0.3) is 0 Å². The number of hydrogen-bond acceptors (Lipinski definition) is 1. The van der Waals surface area contributed by atoms with Gasteiger partial charge in [-0.25, -0.2) is 0 Å². The Morgan fingerprint density at radius 2 is 1.91 bits per heavy atom. The van der Waals surface area contributed by atoms with Gasteiger partial charge in [-0.2, -0.15) is 4.39 Å². The van der Waals surface area contributed by atoms with Gasteiger partial charge in [-0.15, -0.1) is 0 Å². The van der Waals surface area contributed by atoms with Crippen LogP contribution in [0.3, 0.4) is 0 Å². The first kappa shape index (κ1) is 8.69. The summed E-state index contributed by atoms with van der Waals surface area (Å²) in [4.78, 5) is 10.4. The summed E-state index contributed by atoms with van der Waals surface area (Å²) in [5.74, 6) is -0.0310. The Morgan fingerprint density at radius 3 is 2.36 bits per heavy atom. The summed E-state index contributed by atoms with van der Waals surface area (Å²) in [6.45, 7) is 1.71. The molecular weight excluding hydrogens is 143 g/mol. The molecule has 1 fully saturated rings. The summed E-state index contributed by atoms with van der Waals surface area (Å²) in [7, 11) is 0. The summed E-state index contributed by atoms with van der Waals surface area (Å²) >= 11 is 0. The second kappa shape index (κ2) is 3.84. The molecule has 1 rings (SSSR count). The minimum absolute atomic E-state index is 0.321. The molecule has 1 aliphatic carbocycles. The van der Waals surface area contributed by atoms with E-state index in [1.54, 1.807) is 6.92 Å². The number of carbonyl (C=O) groups is 1. The zero-order valence-corrected chi connectivity index (χ0v) is 6.98. The molecule has 0 aromatic carbocycles. The Bertz CT molecular complexity index is 138. The average molecular weight is 158 g/mol. The van der Waals surface area contributed by atoms with E-state index in [0.717, 1.165) is 12.8 Å². The summed E-state index contributed by atoms with van der Waals surface area (Å²) in [5.41, 5.74) is 0. The zero-order chi connectivity index (χ0) is 8.27. The fourth-order valence-corrected chi connectivity index (χ4v) is 1.82. The monoisotopic (exact) mass is 158 g/mol. The first-order chi connectivity index (χ1) is 5.22. The Kier molecular flexibility index (Phi) is 3.03. The van der Waals surface area contributed by atoms with Crippen molar-refractivity contribution in [2.24, 2.45) is 11.8 Å². The van der Waals surface area contributed by atoms with E-state index in [-0.39, 0.29) is 5.92 Å². The smallest absolute Gasteiger partial charge is 0.261 e. The van der Waals surface area contributed by atoms with Crippen LogP contribution < -0.4 is 0 Å². The third kappa shape index (κ3) is 2.28. The van der Waals surface area contributed by atoms with Crippen molar-refractivity contribution in [1.29, 1.82) is 0 Å². The summed E-state index contributed by atoms with van der Waals surface area (Å²) in [6, 6.07) is -1.13. The molecule has 0 heterocycles. The summed E-state index contributed by atoms with van der Waals surface area (Å²) < 4.78 is 12.2. The summed E-state index contributed by atoms with van der Waals surface area (Å²) in [6.07, 6.45) is 5.67. The second-order valence-corrected chi connectivity index (χ2v) is 3.49. The fraction of sp³-hybridized carbons (Fsp3) is 0.889. The molecule has 1 atom stereocenters. The zero-order valence-electron chi connectivity index (χ0n) is 6.98. The van der Waals surface area contributed by atoms with Crippen LogP contribution in [0, 0.1) is 11.8 Å². The van der Waals surface area contributed by atoms with Crippen LogP contribution in [0.1, 0.15) is 39.0 Å². The molecule has 0 aliphatic heterocycles. The molecule has 0 spiro atoms. The highest BCUT2D eigenvalue weighted by Crippen LogP contribution is 2.30. The number of hydrogen-bond donors (Lipinski definition) is 0. The molecule has 0 saturated heterocycles. The topological polar surface area (TPSA) is 17.1 Å². The van der Waals surface area contributed by atoms with Crippen molar-refractivity contribution < 1.29 is 9.18 Å². The van der Waals surface area contributed by atoms with Crippen molar-refractivity contribution >= 4 is 6.04 Å². The van der Waals surface area contributed by atoms with Crippen molar-refractivity contribution in [3.63, 3.8) is 0 Å². The quantitative estimate of drug-likeness (QED) is 0.565. The maximum atomic E-state index is 12.2. The Balaban J connectivity index is 2.38. The predicted octanol–water partition coefficient (Wildman–Crippen LogP) is 2.70. The molecule has 0 aromatic heterocycles. The van der Waals surface area contributed by atoms with Crippen molar-refractivity contribution in [2.75, 3.05) is 0 Å². The van der Waals surface area contributed by atoms with Gasteiger partial charge < -0.3 is 0 Å². The van der Waals surface area contributed by atoms with Crippen LogP contribution >= 0.6 is 0 Å². The summed E-state index contributed by atoms with van der Waals surface area (Å²) in [5, 5.41) is 0.